The molecule has 1 heterocycles. The fourth-order valence-electron chi connectivity index (χ4n) is 7.24. The Kier molecular flexibility index (Phi) is 17.0. The van der Waals surface area contributed by atoms with Crippen LogP contribution in [0, 0.1) is 12.8 Å². The van der Waals surface area contributed by atoms with E-state index in [1.807, 2.05) is 45.0 Å². The molecule has 64 heavy (non-hydrogen) atoms. The molecule has 0 radical (unpaired) electrons. The first-order valence-electron chi connectivity index (χ1n) is 20.9. The average Bonchev–Trinajstić information content (AvgIpc) is 3.72. The lowest BCUT2D eigenvalue weighted by Crippen LogP contribution is -2.53. The van der Waals surface area contributed by atoms with Crippen LogP contribution in [0.1, 0.15) is 49.8 Å². The first-order valence-corrected chi connectivity index (χ1v) is 22.3. The summed E-state index contributed by atoms with van der Waals surface area (Å²) in [7, 11) is -2.77. The van der Waals surface area contributed by atoms with Crippen LogP contribution in [0.4, 0.5) is 21.0 Å². The van der Waals surface area contributed by atoms with Crippen LogP contribution in [0.3, 0.4) is 0 Å². The molecular formula is C46H55N7O10S. The van der Waals surface area contributed by atoms with E-state index in [-0.39, 0.29) is 55.7 Å². The molecule has 0 spiro atoms. The van der Waals surface area contributed by atoms with Crippen LogP contribution in [0.5, 0.6) is 0 Å². The Morgan fingerprint density at radius 3 is 2.14 bits per heavy atom. The van der Waals surface area contributed by atoms with Gasteiger partial charge in [-0.2, -0.15) is 4.31 Å². The Balaban J connectivity index is 1.18. The minimum Gasteiger partial charge on any atom is -0.480 e. The highest BCUT2D eigenvalue weighted by Crippen LogP contribution is 2.27. The number of hydrogen-bond donors (Lipinski definition) is 6. The number of hydrogen-bond acceptors (Lipinski definition) is 9. The number of amides is 6. The first-order chi connectivity index (χ1) is 30.6. The van der Waals surface area contributed by atoms with Crippen LogP contribution in [0.2, 0.25) is 0 Å². The Morgan fingerprint density at radius 1 is 0.859 bits per heavy atom. The van der Waals surface area contributed by atoms with Crippen LogP contribution in [-0.4, -0.2) is 103 Å². The summed E-state index contributed by atoms with van der Waals surface area (Å²) in [5.41, 5.74) is 3.47. The van der Waals surface area contributed by atoms with Gasteiger partial charge in [0.15, 0.2) is 0 Å². The smallest absolute Gasteiger partial charge is 0.407 e. The van der Waals surface area contributed by atoms with E-state index < -0.39 is 64.1 Å². The summed E-state index contributed by atoms with van der Waals surface area (Å²) in [6, 6.07) is 25.3. The Bertz CT molecular complexity index is 2370. The first kappa shape index (κ1) is 48.2. The normalized spacial score (nSPS) is 16.3. The van der Waals surface area contributed by atoms with Crippen LogP contribution in [0.15, 0.2) is 114 Å². The number of sulfonamides is 1. The number of anilines is 2. The van der Waals surface area contributed by atoms with Gasteiger partial charge >= 0.3 is 18.1 Å². The maximum absolute atomic E-state index is 13.8. The third-order valence-corrected chi connectivity index (χ3v) is 12.9. The summed E-state index contributed by atoms with van der Waals surface area (Å²) in [5, 5.41) is 23.5. The SMILES string of the molecule is CCC(C)[C@@H](C(=O)NCC[C@H](NC(=O)[C@@H]1C[C@H](NC(=O)OCc2ccccc2)CN1S(=O)(=O)c1ccccc1)C(=O)O)N(C)C(=O)Cc1ccc(NC(=O)Nc2ccccc2C)cc1. The number of alkyl carbamates (subject to hydrolysis) is 1. The number of carboxylic acid groups (broad SMARTS) is 1. The van der Waals surface area contributed by atoms with Gasteiger partial charge in [-0.1, -0.05) is 99.1 Å². The van der Waals surface area contributed by atoms with Crippen LogP contribution in [0.25, 0.3) is 0 Å². The largest absolute Gasteiger partial charge is 0.480 e. The van der Waals surface area contributed by atoms with E-state index in [0.717, 1.165) is 15.4 Å². The van der Waals surface area contributed by atoms with E-state index in [1.54, 1.807) is 60.7 Å². The fraction of sp³-hybridized carbons (Fsp3) is 0.348. The highest BCUT2D eigenvalue weighted by Gasteiger charge is 2.45. The molecule has 1 aliphatic rings. The van der Waals surface area contributed by atoms with Crippen LogP contribution in [-0.2, 0) is 47.0 Å². The van der Waals surface area contributed by atoms with E-state index in [9.17, 15) is 42.3 Å². The molecule has 4 aromatic rings. The zero-order chi connectivity index (χ0) is 46.4. The third kappa shape index (κ3) is 13.1. The predicted octanol–water partition coefficient (Wildman–Crippen LogP) is 4.89. The molecule has 340 valence electrons. The molecule has 1 unspecified atom stereocenters. The Morgan fingerprint density at radius 2 is 1.50 bits per heavy atom. The number of carbonyl (C=O) groups is 6. The molecule has 17 nitrogen and oxygen atoms in total. The molecule has 1 fully saturated rings. The number of para-hydroxylation sites is 1. The van der Waals surface area contributed by atoms with Gasteiger partial charge in [-0.15, -0.1) is 0 Å². The summed E-state index contributed by atoms with van der Waals surface area (Å²) < 4.78 is 33.9. The quantitative estimate of drug-likeness (QED) is 0.0746. The summed E-state index contributed by atoms with van der Waals surface area (Å²) in [6.07, 6.45) is -0.766. The lowest BCUT2D eigenvalue weighted by atomic mass is 9.96. The molecule has 4 aromatic carbocycles. The van der Waals surface area contributed by atoms with E-state index >= 15 is 0 Å². The summed E-state index contributed by atoms with van der Waals surface area (Å²) in [5.74, 6) is -3.49. The summed E-state index contributed by atoms with van der Waals surface area (Å²) in [4.78, 5) is 79.9. The van der Waals surface area contributed by atoms with Crippen molar-refractivity contribution in [2.45, 2.75) is 82.1 Å². The van der Waals surface area contributed by atoms with Crippen molar-refractivity contribution in [3.8, 4) is 0 Å². The number of benzene rings is 4. The van der Waals surface area contributed by atoms with Crippen LogP contribution >= 0.6 is 0 Å². The molecule has 0 saturated carbocycles. The van der Waals surface area contributed by atoms with E-state index in [0.29, 0.717) is 23.4 Å². The highest BCUT2D eigenvalue weighted by atomic mass is 32.2. The number of nitrogens with zero attached hydrogens (tertiary/aromatic N) is 2. The molecule has 5 rings (SSSR count). The third-order valence-electron chi connectivity index (χ3n) is 11.0. The van der Waals surface area contributed by atoms with Gasteiger partial charge in [0, 0.05) is 37.6 Å². The van der Waals surface area contributed by atoms with E-state index in [4.69, 9.17) is 4.74 Å². The van der Waals surface area contributed by atoms with Crippen molar-refractivity contribution < 1.29 is 47.0 Å². The minimum atomic E-state index is -4.29. The number of carboxylic acids is 1. The van der Waals surface area contributed by atoms with Gasteiger partial charge in [0.2, 0.25) is 27.7 Å². The second kappa shape index (κ2) is 22.5. The maximum atomic E-state index is 13.8. The number of carbonyl (C=O) groups excluding carboxylic acids is 5. The fourth-order valence-corrected chi connectivity index (χ4v) is 8.91. The van der Waals surface area contributed by atoms with Gasteiger partial charge in [0.25, 0.3) is 0 Å². The monoisotopic (exact) mass is 897 g/mol. The number of likely N-dealkylation sites (N-methyl/N-ethyl adjacent to an activating group) is 1. The molecule has 0 bridgehead atoms. The predicted molar refractivity (Wildman–Crippen MR) is 239 cm³/mol. The zero-order valence-corrected chi connectivity index (χ0v) is 37.0. The van der Waals surface area contributed by atoms with Gasteiger partial charge in [-0.3, -0.25) is 14.4 Å². The van der Waals surface area contributed by atoms with Gasteiger partial charge in [-0.05, 0) is 72.7 Å². The lowest BCUT2D eigenvalue weighted by molar-refractivity contribution is -0.142. The van der Waals surface area contributed by atoms with Crippen molar-refractivity contribution in [3.63, 3.8) is 0 Å². The molecule has 1 saturated heterocycles. The highest BCUT2D eigenvalue weighted by molar-refractivity contribution is 7.89. The van der Waals surface area contributed by atoms with Crippen molar-refractivity contribution >= 4 is 57.2 Å². The maximum Gasteiger partial charge on any atom is 0.407 e. The van der Waals surface area contributed by atoms with Crippen molar-refractivity contribution in [1.29, 1.82) is 0 Å². The second-order valence-electron chi connectivity index (χ2n) is 15.6. The molecule has 1 aliphatic heterocycles. The van der Waals surface area contributed by atoms with E-state index in [2.05, 4.69) is 26.6 Å². The van der Waals surface area contributed by atoms with Crippen molar-refractivity contribution in [3.05, 3.63) is 126 Å². The lowest BCUT2D eigenvalue weighted by Gasteiger charge is -2.32. The van der Waals surface area contributed by atoms with Gasteiger partial charge in [0.1, 0.15) is 24.7 Å². The summed E-state index contributed by atoms with van der Waals surface area (Å²) in [6.45, 7) is 5.04. The van der Waals surface area contributed by atoms with E-state index in [1.165, 1.54) is 36.2 Å². The average molecular weight is 898 g/mol. The van der Waals surface area contributed by atoms with Crippen molar-refractivity contribution in [2.75, 3.05) is 30.8 Å². The minimum absolute atomic E-state index is 0.0387. The number of aliphatic carboxylic acids is 1. The summed E-state index contributed by atoms with van der Waals surface area (Å²) >= 11 is 0. The van der Waals surface area contributed by atoms with Gasteiger partial charge in [-0.25, -0.2) is 22.8 Å². The Hall–Kier alpha value is -6.79. The van der Waals surface area contributed by atoms with Crippen molar-refractivity contribution in [1.82, 2.24) is 25.2 Å². The zero-order valence-electron chi connectivity index (χ0n) is 36.2. The molecule has 0 aliphatic carbocycles. The number of aryl methyl sites for hydroxylation is 1. The Labute approximate surface area is 373 Å². The van der Waals surface area contributed by atoms with Crippen molar-refractivity contribution in [2.24, 2.45) is 5.92 Å². The molecular weight excluding hydrogens is 843 g/mol. The topological polar surface area (TPSA) is 233 Å². The number of nitrogens with one attached hydrogen (secondary N) is 5. The number of ether oxygens (including phenoxy) is 1. The molecule has 6 amide bonds. The van der Waals surface area contributed by atoms with Gasteiger partial charge in [0.05, 0.1) is 11.3 Å². The second-order valence-corrected chi connectivity index (χ2v) is 17.5. The number of rotatable bonds is 19. The molecule has 6 N–H and O–H groups in total. The molecule has 18 heteroatoms. The van der Waals surface area contributed by atoms with Gasteiger partial charge < -0.3 is 41.3 Å². The molecule has 0 aromatic heterocycles. The molecule has 5 atom stereocenters. The number of urea groups is 1. The van der Waals surface area contributed by atoms with Crippen LogP contribution < -0.4 is 26.6 Å². The standard InChI is InChI=1S/C46H55N7O10S/c1-5-30(2)41(52(4)40(54)26-32-20-22-34(23-21-32)48-45(59)51-37-19-13-12-14-31(37)3)43(56)47-25-24-38(44(57)58)50-42(55)39-27-35(49-46(60)63-29-33-15-8-6-9-16-33)28-53(39)64(61,62)36-17-10-7-11-18-36/h6-23,30,35,38-39,41H,5,24-29H2,1-4H3,(H,47,56)(H,49,60)(H,50,55)(H,57,58)(H2,48,51,59)/t30?,35-,38-,39-,41-/m0/s1.